The number of alkyl halides is 1. The molecule has 0 aromatic carbocycles. The number of hydrogen-bond acceptors (Lipinski definition) is 4. The summed E-state index contributed by atoms with van der Waals surface area (Å²) in [6, 6.07) is 0. The number of halogens is 1. The lowest BCUT2D eigenvalue weighted by molar-refractivity contribution is -0.153. The van der Waals surface area contributed by atoms with Gasteiger partial charge in [-0.15, -0.1) is 18.2 Å². The zero-order valence-corrected chi connectivity index (χ0v) is 14.4. The van der Waals surface area contributed by atoms with E-state index in [1.54, 1.807) is 13.0 Å². The van der Waals surface area contributed by atoms with Gasteiger partial charge in [0, 0.05) is 12.3 Å². The monoisotopic (exact) mass is 332 g/mol. The van der Waals surface area contributed by atoms with Crippen LogP contribution in [0.5, 0.6) is 0 Å². The van der Waals surface area contributed by atoms with Gasteiger partial charge in [0.2, 0.25) is 0 Å². The predicted octanol–water partition coefficient (Wildman–Crippen LogP) is 4.40. The van der Waals surface area contributed by atoms with Crippen LogP contribution in [0.1, 0.15) is 64.7 Å². The zero-order chi connectivity index (χ0) is 16.6. The van der Waals surface area contributed by atoms with Gasteiger partial charge >= 0.3 is 11.9 Å². The average molecular weight is 333 g/mol. The van der Waals surface area contributed by atoms with Gasteiger partial charge < -0.3 is 9.47 Å². The van der Waals surface area contributed by atoms with Crippen LogP contribution in [0.4, 0.5) is 0 Å². The van der Waals surface area contributed by atoms with E-state index in [4.69, 9.17) is 21.1 Å². The molecule has 1 atom stereocenters. The molecule has 0 aliphatic carbocycles. The number of rotatable bonds is 14. The highest BCUT2D eigenvalue weighted by molar-refractivity contribution is 6.17. The van der Waals surface area contributed by atoms with E-state index in [0.29, 0.717) is 13.0 Å². The lowest BCUT2D eigenvalue weighted by Crippen LogP contribution is -2.16. The third-order valence-electron chi connectivity index (χ3n) is 3.16. The van der Waals surface area contributed by atoms with Crippen molar-refractivity contribution in [2.24, 2.45) is 0 Å². The molecule has 0 aliphatic heterocycles. The maximum atomic E-state index is 11.5. The highest BCUT2D eigenvalue weighted by atomic mass is 35.5. The molecule has 0 heterocycles. The number of esters is 2. The van der Waals surface area contributed by atoms with Crippen molar-refractivity contribution in [1.29, 1.82) is 0 Å². The van der Waals surface area contributed by atoms with E-state index in [0.717, 1.165) is 38.0 Å². The van der Waals surface area contributed by atoms with Gasteiger partial charge in [-0.3, -0.25) is 9.59 Å². The molecule has 0 spiro atoms. The minimum absolute atomic E-state index is 0.0682. The Labute approximate surface area is 139 Å². The molecule has 0 amide bonds. The first-order valence-electron chi connectivity index (χ1n) is 8.12. The largest absolute Gasteiger partial charge is 0.466 e. The Morgan fingerprint density at radius 3 is 2.27 bits per heavy atom. The van der Waals surface area contributed by atoms with Crippen LogP contribution in [0.3, 0.4) is 0 Å². The molecule has 0 rings (SSSR count). The Morgan fingerprint density at radius 1 is 1.05 bits per heavy atom. The third kappa shape index (κ3) is 13.9. The highest BCUT2D eigenvalue weighted by Crippen LogP contribution is 2.07. The van der Waals surface area contributed by atoms with Crippen molar-refractivity contribution in [2.75, 3.05) is 12.5 Å². The van der Waals surface area contributed by atoms with Gasteiger partial charge in [-0.05, 0) is 19.8 Å². The molecule has 0 aliphatic rings. The van der Waals surface area contributed by atoms with Gasteiger partial charge in [0.05, 0.1) is 19.4 Å². The molecule has 1 unspecified atom stereocenters. The van der Waals surface area contributed by atoms with Crippen LogP contribution in [-0.2, 0) is 19.1 Å². The Kier molecular flexibility index (Phi) is 14.2. The summed E-state index contributed by atoms with van der Waals surface area (Å²) in [5.74, 6) is 0.0212. The van der Waals surface area contributed by atoms with Crippen LogP contribution in [0, 0.1) is 0 Å². The van der Waals surface area contributed by atoms with Crippen molar-refractivity contribution in [2.45, 2.75) is 70.8 Å². The number of carbonyl (C=O) groups excluding carboxylic acids is 2. The molecule has 0 radical (unpaired) electrons. The molecular formula is C17H29ClO4. The molecule has 0 N–H and O–H groups in total. The van der Waals surface area contributed by atoms with Crippen molar-refractivity contribution >= 4 is 23.5 Å². The summed E-state index contributed by atoms with van der Waals surface area (Å²) in [4.78, 5) is 22.9. The summed E-state index contributed by atoms with van der Waals surface area (Å²) in [6.07, 6.45) is 8.73. The van der Waals surface area contributed by atoms with Crippen LogP contribution in [0.15, 0.2) is 12.7 Å². The fourth-order valence-corrected chi connectivity index (χ4v) is 2.12. The Balaban J connectivity index is 3.46. The number of unbranched alkanes of at least 4 members (excludes halogenated alkanes) is 5. The van der Waals surface area contributed by atoms with Crippen molar-refractivity contribution in [3.8, 4) is 0 Å². The van der Waals surface area contributed by atoms with Gasteiger partial charge in [0.1, 0.15) is 6.10 Å². The lowest BCUT2D eigenvalue weighted by atomic mass is 10.1. The second kappa shape index (κ2) is 14.9. The van der Waals surface area contributed by atoms with Crippen LogP contribution in [0.2, 0.25) is 0 Å². The molecule has 0 aromatic rings. The van der Waals surface area contributed by atoms with E-state index < -0.39 is 0 Å². The molecular weight excluding hydrogens is 304 g/mol. The fourth-order valence-electron chi connectivity index (χ4n) is 1.93. The van der Waals surface area contributed by atoms with Gasteiger partial charge in [0.25, 0.3) is 0 Å². The second-order valence-electron chi connectivity index (χ2n) is 5.36. The van der Waals surface area contributed by atoms with Gasteiger partial charge in [-0.1, -0.05) is 31.8 Å². The van der Waals surface area contributed by atoms with Gasteiger partial charge in [-0.2, -0.15) is 0 Å². The quantitative estimate of drug-likeness (QED) is 0.205. The van der Waals surface area contributed by atoms with Crippen LogP contribution < -0.4 is 0 Å². The topological polar surface area (TPSA) is 52.6 Å². The van der Waals surface area contributed by atoms with Gasteiger partial charge in [-0.25, -0.2) is 0 Å². The van der Waals surface area contributed by atoms with Crippen molar-refractivity contribution in [3.63, 3.8) is 0 Å². The van der Waals surface area contributed by atoms with Crippen molar-refractivity contribution in [1.82, 2.24) is 0 Å². The smallest absolute Gasteiger partial charge is 0.306 e. The maximum absolute atomic E-state index is 11.5. The van der Waals surface area contributed by atoms with E-state index in [-0.39, 0.29) is 30.9 Å². The normalized spacial score (nSPS) is 11.7. The molecule has 4 nitrogen and oxygen atoms in total. The molecule has 0 saturated heterocycles. The molecule has 5 heteroatoms. The van der Waals surface area contributed by atoms with Crippen LogP contribution >= 0.6 is 11.6 Å². The summed E-state index contributed by atoms with van der Waals surface area (Å²) in [5.41, 5.74) is 0. The highest BCUT2D eigenvalue weighted by Gasteiger charge is 2.11. The molecule has 0 bridgehead atoms. The molecule has 0 aromatic heterocycles. The summed E-state index contributed by atoms with van der Waals surface area (Å²) >= 11 is 5.60. The van der Waals surface area contributed by atoms with E-state index in [2.05, 4.69) is 6.58 Å². The van der Waals surface area contributed by atoms with E-state index in [1.807, 2.05) is 0 Å². The minimum atomic E-state index is -0.370. The lowest BCUT2D eigenvalue weighted by Gasteiger charge is -2.10. The standard InChI is InChI=1S/C17H29ClO4/c1-3-10-15(2)22-17(20)12-11-16(19)21-14-9-7-5-4-6-8-13-18/h3,15H,1,4-14H2,2H3. The first-order valence-corrected chi connectivity index (χ1v) is 8.65. The predicted molar refractivity (Wildman–Crippen MR) is 89.0 cm³/mol. The summed E-state index contributed by atoms with van der Waals surface area (Å²) in [5, 5.41) is 0. The third-order valence-corrected chi connectivity index (χ3v) is 3.42. The van der Waals surface area contributed by atoms with Crippen LogP contribution in [-0.4, -0.2) is 30.5 Å². The minimum Gasteiger partial charge on any atom is -0.466 e. The summed E-state index contributed by atoms with van der Waals surface area (Å²) in [7, 11) is 0. The Bertz CT molecular complexity index is 318. The summed E-state index contributed by atoms with van der Waals surface area (Å²) < 4.78 is 10.2. The maximum Gasteiger partial charge on any atom is 0.306 e. The van der Waals surface area contributed by atoms with E-state index in [9.17, 15) is 9.59 Å². The van der Waals surface area contributed by atoms with Crippen molar-refractivity contribution in [3.05, 3.63) is 12.7 Å². The average Bonchev–Trinajstić information content (AvgIpc) is 2.48. The first-order chi connectivity index (χ1) is 10.6. The SMILES string of the molecule is C=CCC(C)OC(=O)CCC(=O)OCCCCCCCCCl. The van der Waals surface area contributed by atoms with Crippen molar-refractivity contribution < 1.29 is 19.1 Å². The number of hydrogen-bond donors (Lipinski definition) is 0. The molecule has 0 saturated carbocycles. The molecule has 0 fully saturated rings. The molecule has 128 valence electrons. The van der Waals surface area contributed by atoms with Crippen LogP contribution in [0.25, 0.3) is 0 Å². The number of carbonyl (C=O) groups is 2. The summed E-state index contributed by atoms with van der Waals surface area (Å²) in [6.45, 7) is 5.80. The van der Waals surface area contributed by atoms with E-state index in [1.165, 1.54) is 6.42 Å². The molecule has 22 heavy (non-hydrogen) atoms. The zero-order valence-electron chi connectivity index (χ0n) is 13.7. The fraction of sp³-hybridized carbons (Fsp3) is 0.765. The van der Waals surface area contributed by atoms with E-state index >= 15 is 0 Å². The first kappa shape index (κ1) is 21.0. The number of ether oxygens (including phenoxy) is 2. The van der Waals surface area contributed by atoms with Gasteiger partial charge in [0.15, 0.2) is 0 Å². The second-order valence-corrected chi connectivity index (χ2v) is 5.73. The Morgan fingerprint density at radius 2 is 1.64 bits per heavy atom. The Hall–Kier alpha value is -1.03.